The fourth-order valence-corrected chi connectivity index (χ4v) is 6.42. The van der Waals surface area contributed by atoms with Crippen LogP contribution in [-0.4, -0.2) is 36.7 Å². The van der Waals surface area contributed by atoms with Gasteiger partial charge in [0.2, 0.25) is 5.91 Å². The van der Waals surface area contributed by atoms with E-state index >= 15 is 0 Å². The van der Waals surface area contributed by atoms with E-state index in [1.807, 2.05) is 0 Å². The zero-order valence-corrected chi connectivity index (χ0v) is 16.2. The van der Waals surface area contributed by atoms with Crippen LogP contribution in [-0.2, 0) is 19.7 Å². The summed E-state index contributed by atoms with van der Waals surface area (Å²) >= 11 is 0. The van der Waals surface area contributed by atoms with E-state index in [0.29, 0.717) is 11.8 Å². The van der Waals surface area contributed by atoms with Crippen molar-refractivity contribution in [1.82, 2.24) is 5.32 Å². The molecule has 0 heterocycles. The van der Waals surface area contributed by atoms with Crippen LogP contribution in [0.15, 0.2) is 24.3 Å². The average molecular weight is 371 g/mol. The first-order valence-corrected chi connectivity index (χ1v) is 9.97. The Kier molecular flexibility index (Phi) is 4.53. The van der Waals surface area contributed by atoms with Gasteiger partial charge in [0.15, 0.2) is 6.10 Å². The smallest absolute Gasteiger partial charge is 0.334 e. The van der Waals surface area contributed by atoms with Gasteiger partial charge in [0.1, 0.15) is 0 Å². The molecule has 5 rings (SSSR count). The normalized spacial score (nSPS) is 35.0. The van der Waals surface area contributed by atoms with E-state index < -0.39 is 12.1 Å². The van der Waals surface area contributed by atoms with Crippen LogP contribution in [0.1, 0.15) is 49.7 Å². The summed E-state index contributed by atoms with van der Waals surface area (Å²) in [5.41, 5.74) is 2.38. The summed E-state index contributed by atoms with van der Waals surface area (Å²) in [6.45, 7) is 2.13. The topological polar surface area (TPSA) is 75.6 Å². The van der Waals surface area contributed by atoms with Gasteiger partial charge in [0.05, 0.1) is 12.0 Å². The predicted molar refractivity (Wildman–Crippen MR) is 101 cm³/mol. The van der Waals surface area contributed by atoms with Gasteiger partial charge in [-0.3, -0.25) is 4.79 Å². The maximum absolute atomic E-state index is 13.2. The van der Waals surface area contributed by atoms with Gasteiger partial charge in [0.25, 0.3) is 0 Å². The maximum atomic E-state index is 13.2. The molecular weight excluding hydrogens is 342 g/mol. The van der Waals surface area contributed by atoms with E-state index in [-0.39, 0.29) is 23.3 Å². The lowest BCUT2D eigenvalue weighted by molar-refractivity contribution is -0.152. The molecule has 0 saturated heterocycles. The predicted octanol–water partition coefficient (Wildman–Crippen LogP) is 3.05. The minimum Gasteiger partial charge on any atom is -0.479 e. The van der Waals surface area contributed by atoms with Crippen molar-refractivity contribution < 1.29 is 19.4 Å². The Bertz CT molecular complexity index is 727. The second-order valence-corrected chi connectivity index (χ2v) is 9.16. The number of benzene rings is 1. The number of hydrogen-bond acceptors (Lipinski definition) is 3. The van der Waals surface area contributed by atoms with Gasteiger partial charge >= 0.3 is 5.97 Å². The van der Waals surface area contributed by atoms with Crippen LogP contribution in [0.4, 0.5) is 0 Å². The number of carbonyl (C=O) groups excluding carboxylic acids is 1. The van der Waals surface area contributed by atoms with Crippen LogP contribution in [0.5, 0.6) is 0 Å². The lowest BCUT2D eigenvalue weighted by Crippen LogP contribution is -2.59. The molecule has 4 bridgehead atoms. The van der Waals surface area contributed by atoms with E-state index in [1.54, 1.807) is 0 Å². The summed E-state index contributed by atoms with van der Waals surface area (Å²) in [5.74, 6) is 0.169. The highest BCUT2D eigenvalue weighted by Crippen LogP contribution is 2.65. The first kappa shape index (κ1) is 18.5. The van der Waals surface area contributed by atoms with E-state index in [1.165, 1.54) is 37.5 Å². The van der Waals surface area contributed by atoms with Crippen LogP contribution in [0.3, 0.4) is 0 Å². The minimum absolute atomic E-state index is 0.0244. The van der Waals surface area contributed by atoms with E-state index in [0.717, 1.165) is 19.3 Å². The van der Waals surface area contributed by atoms with Crippen molar-refractivity contribution in [2.75, 3.05) is 13.7 Å². The zero-order valence-electron chi connectivity index (χ0n) is 16.2. The Balaban J connectivity index is 1.57. The molecule has 1 aromatic carbocycles. The molecule has 5 heteroatoms. The standard InChI is InChI=1S/C22H29NO4/c1-14-3-5-17(6-4-14)21-8-15-7-16(9-21)11-22(10-15,13-21)20(26)23-12-18(27-2)19(24)25/h3-6,15-16,18H,7-13H2,1-2H3,(H,23,26)(H,24,25). The number of aliphatic carboxylic acids is 1. The van der Waals surface area contributed by atoms with E-state index in [4.69, 9.17) is 9.84 Å². The van der Waals surface area contributed by atoms with Crippen LogP contribution in [0, 0.1) is 24.2 Å². The van der Waals surface area contributed by atoms with Crippen LogP contribution < -0.4 is 5.32 Å². The quantitative estimate of drug-likeness (QED) is 0.806. The molecule has 4 aliphatic rings. The summed E-state index contributed by atoms with van der Waals surface area (Å²) in [6.07, 6.45) is 5.36. The SMILES string of the molecule is COC(CNC(=O)C12CC3CC(C1)CC(c1ccc(C)cc1)(C3)C2)C(=O)O. The third-order valence-corrected chi connectivity index (χ3v) is 7.21. The number of rotatable bonds is 6. The van der Waals surface area contributed by atoms with Crippen molar-refractivity contribution in [3.8, 4) is 0 Å². The summed E-state index contributed by atoms with van der Waals surface area (Å²) in [4.78, 5) is 24.4. The number of amides is 1. The highest BCUT2D eigenvalue weighted by molar-refractivity contribution is 5.84. The van der Waals surface area contributed by atoms with Gasteiger partial charge in [-0.25, -0.2) is 4.79 Å². The lowest BCUT2D eigenvalue weighted by Gasteiger charge is -2.61. The van der Waals surface area contributed by atoms with Gasteiger partial charge in [0, 0.05) is 7.11 Å². The molecule has 3 unspecified atom stereocenters. The Labute approximate surface area is 160 Å². The second-order valence-electron chi connectivity index (χ2n) is 9.16. The van der Waals surface area contributed by atoms with Crippen molar-refractivity contribution >= 4 is 11.9 Å². The molecule has 0 aliphatic heterocycles. The molecule has 0 aromatic heterocycles. The molecule has 27 heavy (non-hydrogen) atoms. The third kappa shape index (κ3) is 3.16. The Hall–Kier alpha value is -1.88. The van der Waals surface area contributed by atoms with Crippen molar-refractivity contribution in [3.63, 3.8) is 0 Å². The Morgan fingerprint density at radius 1 is 1.19 bits per heavy atom. The number of hydrogen-bond donors (Lipinski definition) is 2. The molecular formula is C22H29NO4. The fraction of sp³-hybridized carbons (Fsp3) is 0.636. The van der Waals surface area contributed by atoms with E-state index in [9.17, 15) is 9.59 Å². The van der Waals surface area contributed by atoms with Crippen molar-refractivity contribution in [2.24, 2.45) is 17.3 Å². The van der Waals surface area contributed by atoms with Crippen LogP contribution in [0.25, 0.3) is 0 Å². The molecule has 1 aromatic rings. The second kappa shape index (κ2) is 6.62. The number of carbonyl (C=O) groups is 2. The fourth-order valence-electron chi connectivity index (χ4n) is 6.42. The molecule has 3 atom stereocenters. The minimum atomic E-state index is -1.04. The number of methoxy groups -OCH3 is 1. The summed E-state index contributed by atoms with van der Waals surface area (Å²) in [6, 6.07) is 8.85. The molecule has 0 radical (unpaired) electrons. The molecule has 1 amide bonds. The summed E-state index contributed by atoms with van der Waals surface area (Å²) < 4.78 is 4.97. The average Bonchev–Trinajstić information content (AvgIpc) is 2.61. The summed E-state index contributed by atoms with van der Waals surface area (Å²) in [5, 5.41) is 12.1. The third-order valence-electron chi connectivity index (χ3n) is 7.21. The molecule has 0 spiro atoms. The monoisotopic (exact) mass is 371 g/mol. The van der Waals surface area contributed by atoms with Crippen molar-refractivity contribution in [2.45, 2.75) is 57.0 Å². The van der Waals surface area contributed by atoms with Gasteiger partial charge in [-0.1, -0.05) is 29.8 Å². The Morgan fingerprint density at radius 3 is 2.37 bits per heavy atom. The van der Waals surface area contributed by atoms with Crippen LogP contribution in [0.2, 0.25) is 0 Å². The molecule has 4 aliphatic carbocycles. The van der Waals surface area contributed by atoms with Crippen molar-refractivity contribution in [1.29, 1.82) is 0 Å². The highest BCUT2D eigenvalue weighted by Gasteiger charge is 2.60. The number of ether oxygens (including phenoxy) is 1. The highest BCUT2D eigenvalue weighted by atomic mass is 16.5. The molecule has 146 valence electrons. The Morgan fingerprint density at radius 2 is 1.81 bits per heavy atom. The molecule has 2 N–H and O–H groups in total. The van der Waals surface area contributed by atoms with Gasteiger partial charge in [-0.2, -0.15) is 0 Å². The summed E-state index contributed by atoms with van der Waals surface area (Å²) in [7, 11) is 1.36. The van der Waals surface area contributed by atoms with E-state index in [2.05, 4.69) is 36.5 Å². The maximum Gasteiger partial charge on any atom is 0.334 e. The van der Waals surface area contributed by atoms with Gasteiger partial charge < -0.3 is 15.2 Å². The van der Waals surface area contributed by atoms with Gasteiger partial charge in [-0.15, -0.1) is 0 Å². The largest absolute Gasteiger partial charge is 0.479 e. The van der Waals surface area contributed by atoms with Crippen LogP contribution >= 0.6 is 0 Å². The molecule has 4 fully saturated rings. The van der Waals surface area contributed by atoms with Crippen molar-refractivity contribution in [3.05, 3.63) is 35.4 Å². The lowest BCUT2D eigenvalue weighted by atomic mass is 9.42. The molecule has 4 saturated carbocycles. The first-order chi connectivity index (χ1) is 12.9. The first-order valence-electron chi connectivity index (χ1n) is 9.97. The molecule has 5 nitrogen and oxygen atoms in total. The number of nitrogens with one attached hydrogen (secondary N) is 1. The van der Waals surface area contributed by atoms with Gasteiger partial charge in [-0.05, 0) is 68.3 Å². The zero-order chi connectivity index (χ0) is 19.2. The number of carboxylic acid groups (broad SMARTS) is 1. The number of carboxylic acids is 1. The number of aryl methyl sites for hydroxylation is 1.